The first-order valence-electron chi connectivity index (χ1n) is 7.72. The van der Waals surface area contributed by atoms with Crippen LogP contribution in [0.15, 0.2) is 12.1 Å². The quantitative estimate of drug-likeness (QED) is 0.582. The number of primary amides is 2. The number of rotatable bonds is 12. The number of carbonyl (C=O) groups excluding carboxylic acids is 2. The highest BCUT2D eigenvalue weighted by Gasteiger charge is 2.02. The minimum atomic E-state index is -0.204. The highest BCUT2D eigenvalue weighted by Crippen LogP contribution is 2.21. The van der Waals surface area contributed by atoms with Crippen LogP contribution < -0.4 is 11.5 Å². The molecule has 1 aromatic heterocycles. The Labute approximate surface area is 130 Å². The monoisotopic (exact) mass is 310 g/mol. The van der Waals surface area contributed by atoms with Gasteiger partial charge in [0.05, 0.1) is 0 Å². The predicted molar refractivity (Wildman–Crippen MR) is 87.1 cm³/mol. The van der Waals surface area contributed by atoms with Crippen molar-refractivity contribution in [2.75, 3.05) is 0 Å². The summed E-state index contributed by atoms with van der Waals surface area (Å²) in [6, 6.07) is 4.41. The summed E-state index contributed by atoms with van der Waals surface area (Å²) in [5, 5.41) is 0. The molecule has 21 heavy (non-hydrogen) atoms. The maximum atomic E-state index is 10.6. The summed E-state index contributed by atoms with van der Waals surface area (Å²) >= 11 is 1.88. The maximum Gasteiger partial charge on any atom is 0.217 e. The van der Waals surface area contributed by atoms with Crippen LogP contribution in [0.2, 0.25) is 0 Å². The fourth-order valence-corrected chi connectivity index (χ4v) is 3.34. The zero-order valence-corrected chi connectivity index (χ0v) is 13.4. The van der Waals surface area contributed by atoms with Gasteiger partial charge in [0, 0.05) is 22.6 Å². The maximum absolute atomic E-state index is 10.6. The zero-order valence-electron chi connectivity index (χ0n) is 12.6. The van der Waals surface area contributed by atoms with Crippen LogP contribution in [0.1, 0.15) is 61.1 Å². The van der Waals surface area contributed by atoms with E-state index in [2.05, 4.69) is 12.1 Å². The highest BCUT2D eigenvalue weighted by atomic mass is 32.1. The Morgan fingerprint density at radius 2 is 1.19 bits per heavy atom. The number of aryl methyl sites for hydroxylation is 2. The second-order valence-corrected chi connectivity index (χ2v) is 6.67. The van der Waals surface area contributed by atoms with Gasteiger partial charge in [-0.25, -0.2) is 0 Å². The lowest BCUT2D eigenvalue weighted by Crippen LogP contribution is -2.09. The molecule has 0 saturated carbocycles. The first-order chi connectivity index (χ1) is 10.1. The van der Waals surface area contributed by atoms with Crippen molar-refractivity contribution in [1.82, 2.24) is 0 Å². The van der Waals surface area contributed by atoms with Gasteiger partial charge in [-0.05, 0) is 50.7 Å². The van der Waals surface area contributed by atoms with Crippen molar-refractivity contribution in [1.29, 1.82) is 0 Å². The summed E-state index contributed by atoms with van der Waals surface area (Å²) in [7, 11) is 0. The molecule has 2 amide bonds. The van der Waals surface area contributed by atoms with Gasteiger partial charge < -0.3 is 11.5 Å². The van der Waals surface area contributed by atoms with Crippen molar-refractivity contribution < 1.29 is 9.59 Å². The molecule has 4 N–H and O–H groups in total. The van der Waals surface area contributed by atoms with Gasteiger partial charge in [0.1, 0.15) is 0 Å². The van der Waals surface area contributed by atoms with E-state index in [0.717, 1.165) is 51.4 Å². The Hall–Kier alpha value is -1.36. The summed E-state index contributed by atoms with van der Waals surface area (Å²) in [6.45, 7) is 0. The number of amides is 2. The number of nitrogens with two attached hydrogens (primary N) is 2. The van der Waals surface area contributed by atoms with Crippen molar-refractivity contribution in [3.63, 3.8) is 0 Å². The molecule has 0 saturated heterocycles. The van der Waals surface area contributed by atoms with E-state index in [0.29, 0.717) is 12.8 Å². The molecule has 0 bridgehead atoms. The van der Waals surface area contributed by atoms with Gasteiger partial charge in [0.2, 0.25) is 11.8 Å². The lowest BCUT2D eigenvalue weighted by molar-refractivity contribution is -0.119. The van der Waals surface area contributed by atoms with Crippen LogP contribution in [0.3, 0.4) is 0 Å². The van der Waals surface area contributed by atoms with Crippen LogP contribution in [-0.2, 0) is 22.4 Å². The minimum Gasteiger partial charge on any atom is -0.370 e. The van der Waals surface area contributed by atoms with Crippen LogP contribution in [0, 0.1) is 0 Å². The summed E-state index contributed by atoms with van der Waals surface area (Å²) in [4.78, 5) is 24.1. The fraction of sp³-hybridized carbons (Fsp3) is 0.625. The molecule has 0 radical (unpaired) electrons. The van der Waals surface area contributed by atoms with Crippen molar-refractivity contribution >= 4 is 23.2 Å². The van der Waals surface area contributed by atoms with Gasteiger partial charge in [-0.1, -0.05) is 12.8 Å². The van der Waals surface area contributed by atoms with Crippen LogP contribution >= 0.6 is 11.3 Å². The fourth-order valence-electron chi connectivity index (χ4n) is 2.24. The van der Waals surface area contributed by atoms with Gasteiger partial charge in [-0.3, -0.25) is 9.59 Å². The third-order valence-corrected chi connectivity index (χ3v) is 4.61. The number of thiophene rings is 1. The average molecular weight is 310 g/mol. The Morgan fingerprint density at radius 1 is 0.762 bits per heavy atom. The Bertz CT molecular complexity index is 405. The zero-order chi connectivity index (χ0) is 15.5. The third-order valence-electron chi connectivity index (χ3n) is 3.41. The molecule has 118 valence electrons. The first kappa shape index (κ1) is 17.7. The number of hydrogen-bond donors (Lipinski definition) is 2. The molecule has 0 atom stereocenters. The van der Waals surface area contributed by atoms with Crippen molar-refractivity contribution in [3.8, 4) is 0 Å². The minimum absolute atomic E-state index is 0.204. The van der Waals surface area contributed by atoms with Crippen LogP contribution in [0.25, 0.3) is 0 Å². The van der Waals surface area contributed by atoms with Gasteiger partial charge >= 0.3 is 0 Å². The van der Waals surface area contributed by atoms with E-state index < -0.39 is 0 Å². The average Bonchev–Trinajstić information content (AvgIpc) is 2.85. The highest BCUT2D eigenvalue weighted by molar-refractivity contribution is 7.11. The van der Waals surface area contributed by atoms with Crippen molar-refractivity contribution in [2.24, 2.45) is 11.5 Å². The van der Waals surface area contributed by atoms with Gasteiger partial charge in [0.25, 0.3) is 0 Å². The molecular formula is C16H26N2O2S. The molecular weight excluding hydrogens is 284 g/mol. The Morgan fingerprint density at radius 3 is 1.57 bits per heavy atom. The molecule has 0 fully saturated rings. The third kappa shape index (κ3) is 9.24. The number of carbonyl (C=O) groups is 2. The van der Waals surface area contributed by atoms with Crippen LogP contribution in [0.4, 0.5) is 0 Å². The van der Waals surface area contributed by atoms with E-state index in [1.54, 1.807) is 0 Å². The van der Waals surface area contributed by atoms with Crippen LogP contribution in [-0.4, -0.2) is 11.8 Å². The molecule has 4 nitrogen and oxygen atoms in total. The molecule has 0 aliphatic carbocycles. The molecule has 1 heterocycles. The predicted octanol–water partition coefficient (Wildman–Crippen LogP) is 2.92. The smallest absolute Gasteiger partial charge is 0.217 e. The van der Waals surface area contributed by atoms with E-state index in [1.165, 1.54) is 9.75 Å². The van der Waals surface area contributed by atoms with Crippen molar-refractivity contribution in [3.05, 3.63) is 21.9 Å². The van der Waals surface area contributed by atoms with Gasteiger partial charge in [-0.2, -0.15) is 0 Å². The molecule has 1 rings (SSSR count). The summed E-state index contributed by atoms with van der Waals surface area (Å²) in [6.07, 6.45) is 9.32. The van der Waals surface area contributed by atoms with E-state index in [4.69, 9.17) is 11.5 Å². The first-order valence-corrected chi connectivity index (χ1v) is 8.54. The molecule has 0 aromatic carbocycles. The summed E-state index contributed by atoms with van der Waals surface area (Å²) in [5.41, 5.74) is 10.2. The van der Waals surface area contributed by atoms with Crippen LogP contribution in [0.5, 0.6) is 0 Å². The topological polar surface area (TPSA) is 86.2 Å². The molecule has 0 unspecified atom stereocenters. The van der Waals surface area contributed by atoms with E-state index in [1.807, 2.05) is 11.3 Å². The van der Waals surface area contributed by atoms with Gasteiger partial charge in [-0.15, -0.1) is 11.3 Å². The molecule has 1 aromatic rings. The summed E-state index contributed by atoms with van der Waals surface area (Å²) in [5.74, 6) is -0.408. The largest absolute Gasteiger partial charge is 0.370 e. The Balaban J connectivity index is 2.09. The van der Waals surface area contributed by atoms with Gasteiger partial charge in [0.15, 0.2) is 0 Å². The molecule has 0 aliphatic rings. The van der Waals surface area contributed by atoms with E-state index >= 15 is 0 Å². The van der Waals surface area contributed by atoms with Crippen molar-refractivity contribution in [2.45, 2.75) is 64.2 Å². The molecule has 5 heteroatoms. The number of hydrogen-bond acceptors (Lipinski definition) is 3. The molecule has 0 spiro atoms. The number of unbranched alkanes of at least 4 members (excludes halogenated alkanes) is 4. The van der Waals surface area contributed by atoms with E-state index in [9.17, 15) is 9.59 Å². The lowest BCUT2D eigenvalue weighted by Gasteiger charge is -1.99. The standard InChI is InChI=1S/C16H26N2O2S/c17-15(19)9-5-1-3-7-13-11-12-14(21-13)8-4-2-6-10-16(18)20/h11-12H,1-10H2,(H2,17,19)(H2,18,20). The second kappa shape index (κ2) is 10.4. The van der Waals surface area contributed by atoms with E-state index in [-0.39, 0.29) is 11.8 Å². The molecule has 0 aliphatic heterocycles. The Kier molecular flexibility index (Phi) is 8.74. The summed E-state index contributed by atoms with van der Waals surface area (Å²) < 4.78 is 0. The normalized spacial score (nSPS) is 10.7. The second-order valence-electron chi connectivity index (χ2n) is 5.42. The lowest BCUT2D eigenvalue weighted by atomic mass is 10.1. The SMILES string of the molecule is NC(=O)CCCCCc1ccc(CCCCCC(N)=O)s1.